The summed E-state index contributed by atoms with van der Waals surface area (Å²) >= 11 is 6.69. The van der Waals surface area contributed by atoms with Crippen LogP contribution >= 0.6 is 11.6 Å². The Kier molecular flexibility index (Phi) is 7.33. The first-order chi connectivity index (χ1) is 15.8. The van der Waals surface area contributed by atoms with Gasteiger partial charge in [0.15, 0.2) is 0 Å². The van der Waals surface area contributed by atoms with Gasteiger partial charge in [-0.3, -0.25) is 4.68 Å². The third kappa shape index (κ3) is 5.21. The van der Waals surface area contributed by atoms with Crippen LogP contribution in [-0.2, 0) is 16.2 Å². The molecule has 3 aromatic heterocycles. The molecule has 10 heteroatoms. The molecule has 1 saturated heterocycles. The van der Waals surface area contributed by atoms with Gasteiger partial charge in [0.25, 0.3) is 0 Å². The van der Waals surface area contributed by atoms with E-state index < -0.39 is 8.07 Å². The predicted octanol–water partition coefficient (Wildman–Crippen LogP) is 5.27. The van der Waals surface area contributed by atoms with Crippen LogP contribution in [0, 0.1) is 0 Å². The van der Waals surface area contributed by atoms with Gasteiger partial charge in [0.1, 0.15) is 12.4 Å². The molecule has 1 N–H and O–H groups in total. The van der Waals surface area contributed by atoms with E-state index in [1.807, 2.05) is 34.9 Å². The lowest BCUT2D eigenvalue weighted by molar-refractivity contribution is 0.0659. The topological polar surface area (TPSA) is 75.4 Å². The van der Waals surface area contributed by atoms with Crippen molar-refractivity contribution in [2.45, 2.75) is 51.3 Å². The van der Waals surface area contributed by atoms with E-state index in [1.165, 1.54) is 0 Å². The Morgan fingerprint density at radius 3 is 2.64 bits per heavy atom. The molecule has 3 aromatic rings. The van der Waals surface area contributed by atoms with Crippen LogP contribution in [0.25, 0.3) is 22.2 Å². The molecule has 8 nitrogen and oxygen atoms in total. The molecular weight excluding hydrogens is 458 g/mol. The van der Waals surface area contributed by atoms with E-state index in [-0.39, 0.29) is 0 Å². The third-order valence-corrected chi connectivity index (χ3v) is 8.05. The van der Waals surface area contributed by atoms with Crippen molar-refractivity contribution in [1.29, 1.82) is 0 Å². The number of fused-ring (bicyclic) bond motifs is 1. The summed E-state index contributed by atoms with van der Waals surface area (Å²) in [6.07, 6.45) is 7.67. The summed E-state index contributed by atoms with van der Waals surface area (Å²) in [6.45, 7) is 9.71. The zero-order chi connectivity index (χ0) is 23.6. The molecule has 1 aliphatic rings. The van der Waals surface area contributed by atoms with Crippen molar-refractivity contribution >= 4 is 36.4 Å². The second-order valence-electron chi connectivity index (χ2n) is 9.67. The van der Waals surface area contributed by atoms with Gasteiger partial charge in [0, 0.05) is 59.1 Å². The highest BCUT2D eigenvalue weighted by Gasteiger charge is 2.24. The fourth-order valence-corrected chi connectivity index (χ4v) is 5.21. The van der Waals surface area contributed by atoms with E-state index in [4.69, 9.17) is 35.9 Å². The van der Waals surface area contributed by atoms with Gasteiger partial charge in [-0.1, -0.05) is 31.2 Å². The summed E-state index contributed by atoms with van der Waals surface area (Å²) in [6, 6.07) is 1.42. The summed E-state index contributed by atoms with van der Waals surface area (Å²) in [5.41, 5.74) is 3.48. The molecule has 0 saturated carbocycles. The van der Waals surface area contributed by atoms with E-state index in [2.05, 4.69) is 25.0 Å². The summed E-state index contributed by atoms with van der Waals surface area (Å²) in [4.78, 5) is 4.77. The molecule has 180 valence electrons. The molecule has 4 heterocycles. The van der Waals surface area contributed by atoms with Gasteiger partial charge < -0.3 is 24.1 Å². The normalized spacial score (nSPS) is 15.3. The fourth-order valence-electron chi connectivity index (χ4n) is 4.16. The summed E-state index contributed by atoms with van der Waals surface area (Å²) in [7, 11) is 2.40. The van der Waals surface area contributed by atoms with Gasteiger partial charge in [0.2, 0.25) is 5.88 Å². The van der Waals surface area contributed by atoms with Crippen LogP contribution in [0.4, 0.5) is 5.69 Å². The smallest absolute Gasteiger partial charge is 0.240 e. The minimum absolute atomic E-state index is 0.300. The van der Waals surface area contributed by atoms with E-state index in [1.54, 1.807) is 7.11 Å². The Morgan fingerprint density at radius 2 is 1.97 bits per heavy atom. The van der Waals surface area contributed by atoms with Crippen LogP contribution in [0.2, 0.25) is 30.7 Å². The maximum absolute atomic E-state index is 6.69. The number of hydrogen-bond acceptors (Lipinski definition) is 6. The van der Waals surface area contributed by atoms with Crippen LogP contribution in [0.3, 0.4) is 0 Å². The Bertz CT molecular complexity index is 1100. The van der Waals surface area contributed by atoms with Crippen LogP contribution in [0.5, 0.6) is 5.88 Å². The molecule has 0 aliphatic carbocycles. The first kappa shape index (κ1) is 24.1. The van der Waals surface area contributed by atoms with Gasteiger partial charge in [-0.05, 0) is 18.9 Å². The number of methoxy groups -OCH3 is 1. The maximum atomic E-state index is 6.69. The standard InChI is InChI=1S/C23H34ClN5O3Si/c1-25-21-17(18-13-29(27-23(18)30-2)16-6-8-31-9-7-16)12-26-22-20(21)19(24)14-28(22)15-32-10-11-33(3,4)5/h12-14,16H,6-11,15H2,1-5H3,(H,25,26). The molecular formula is C23H34ClN5O3Si. The van der Waals surface area contributed by atoms with Crippen LogP contribution in [0.1, 0.15) is 18.9 Å². The maximum Gasteiger partial charge on any atom is 0.240 e. The van der Waals surface area contributed by atoms with Crippen molar-refractivity contribution < 1.29 is 14.2 Å². The third-order valence-electron chi connectivity index (χ3n) is 6.06. The molecule has 0 unspecified atom stereocenters. The van der Waals surface area contributed by atoms with Gasteiger partial charge >= 0.3 is 0 Å². The number of nitrogens with one attached hydrogen (secondary N) is 1. The highest BCUT2D eigenvalue weighted by molar-refractivity contribution is 6.76. The van der Waals surface area contributed by atoms with Crippen LogP contribution in [-0.4, -0.2) is 61.4 Å². The van der Waals surface area contributed by atoms with Gasteiger partial charge in [-0.2, -0.15) is 0 Å². The highest BCUT2D eigenvalue weighted by Crippen LogP contribution is 2.41. The highest BCUT2D eigenvalue weighted by atomic mass is 35.5. The average Bonchev–Trinajstić information content (AvgIpc) is 3.37. The Hall–Kier alpha value is -2.07. The van der Waals surface area contributed by atoms with Crippen molar-refractivity contribution in [3.05, 3.63) is 23.6 Å². The molecule has 0 amide bonds. The lowest BCUT2D eigenvalue weighted by Gasteiger charge is -2.22. The van der Waals surface area contributed by atoms with Gasteiger partial charge in [0.05, 0.1) is 34.8 Å². The number of nitrogens with zero attached hydrogens (tertiary/aromatic N) is 4. The SMILES string of the molecule is CNc1c(-c2cn(C3CCOCC3)nc2OC)cnc2c1c(Cl)cn2COCC[Si](C)(C)C. The van der Waals surface area contributed by atoms with E-state index in [0.29, 0.717) is 23.7 Å². The molecule has 1 fully saturated rings. The molecule has 33 heavy (non-hydrogen) atoms. The average molecular weight is 492 g/mol. The molecule has 0 atom stereocenters. The van der Waals surface area contributed by atoms with Crippen molar-refractivity contribution in [2.75, 3.05) is 39.3 Å². The quantitative estimate of drug-likeness (QED) is 0.324. The van der Waals surface area contributed by atoms with Crippen molar-refractivity contribution in [3.8, 4) is 17.0 Å². The predicted molar refractivity (Wildman–Crippen MR) is 135 cm³/mol. The minimum atomic E-state index is -1.14. The van der Waals surface area contributed by atoms with E-state index in [9.17, 15) is 0 Å². The number of halogens is 1. The summed E-state index contributed by atoms with van der Waals surface area (Å²) < 4.78 is 21.1. The number of anilines is 1. The number of ether oxygens (including phenoxy) is 3. The Labute approximate surface area is 201 Å². The summed E-state index contributed by atoms with van der Waals surface area (Å²) in [5, 5.41) is 9.54. The zero-order valence-electron chi connectivity index (χ0n) is 20.2. The zero-order valence-corrected chi connectivity index (χ0v) is 21.9. The lowest BCUT2D eigenvalue weighted by atomic mass is 10.1. The Morgan fingerprint density at radius 1 is 1.21 bits per heavy atom. The number of pyridine rings is 1. The van der Waals surface area contributed by atoms with E-state index in [0.717, 1.165) is 66.6 Å². The largest absolute Gasteiger partial charge is 0.479 e. The first-order valence-electron chi connectivity index (χ1n) is 11.5. The van der Waals surface area contributed by atoms with Crippen molar-refractivity contribution in [2.24, 2.45) is 0 Å². The first-order valence-corrected chi connectivity index (χ1v) is 15.5. The molecule has 4 rings (SSSR count). The van der Waals surface area contributed by atoms with Gasteiger partial charge in [-0.15, -0.1) is 5.10 Å². The summed E-state index contributed by atoms with van der Waals surface area (Å²) in [5.74, 6) is 0.573. The minimum Gasteiger partial charge on any atom is -0.479 e. The second kappa shape index (κ2) is 10.0. The number of aromatic nitrogens is 4. The van der Waals surface area contributed by atoms with Crippen LogP contribution in [0.15, 0.2) is 18.6 Å². The molecule has 0 spiro atoms. The number of hydrogen-bond donors (Lipinski definition) is 1. The van der Waals surface area contributed by atoms with Gasteiger partial charge in [-0.25, -0.2) is 4.98 Å². The van der Waals surface area contributed by atoms with E-state index >= 15 is 0 Å². The second-order valence-corrected chi connectivity index (χ2v) is 15.7. The molecule has 1 aliphatic heterocycles. The Balaban J connectivity index is 1.67. The number of rotatable bonds is 9. The van der Waals surface area contributed by atoms with Crippen molar-refractivity contribution in [1.82, 2.24) is 19.3 Å². The fraction of sp³-hybridized carbons (Fsp3) is 0.565. The van der Waals surface area contributed by atoms with Crippen LogP contribution < -0.4 is 10.1 Å². The molecule has 0 bridgehead atoms. The van der Waals surface area contributed by atoms with Crippen molar-refractivity contribution in [3.63, 3.8) is 0 Å². The molecule has 0 aromatic carbocycles. The monoisotopic (exact) mass is 491 g/mol. The lowest BCUT2D eigenvalue weighted by Crippen LogP contribution is -2.22. The molecule has 0 radical (unpaired) electrons.